The summed E-state index contributed by atoms with van der Waals surface area (Å²) in [6.07, 6.45) is 1.67. The summed E-state index contributed by atoms with van der Waals surface area (Å²) in [6, 6.07) is 13.2. The lowest BCUT2D eigenvalue weighted by atomic mass is 10.3. The van der Waals surface area contributed by atoms with Crippen molar-refractivity contribution in [3.05, 3.63) is 59.4 Å². The minimum atomic E-state index is 0.443. The zero-order valence-electron chi connectivity index (χ0n) is 9.88. The quantitative estimate of drug-likeness (QED) is 0.749. The third-order valence-electron chi connectivity index (χ3n) is 2.27. The first-order chi connectivity index (χ1) is 8.84. The minimum absolute atomic E-state index is 0.443. The predicted octanol–water partition coefficient (Wildman–Crippen LogP) is 3.33. The standard InChI is InChI=1S/C14H14ClNO2/c15-12-6-7-16-13(10-12)11-17-8-9-18-14-4-2-1-3-5-14/h1-7,10H,8-9,11H2. The molecule has 0 bridgehead atoms. The third-order valence-corrected chi connectivity index (χ3v) is 2.50. The van der Waals surface area contributed by atoms with E-state index in [-0.39, 0.29) is 0 Å². The van der Waals surface area contributed by atoms with Gasteiger partial charge in [0.15, 0.2) is 0 Å². The van der Waals surface area contributed by atoms with Gasteiger partial charge in [0.05, 0.1) is 18.9 Å². The van der Waals surface area contributed by atoms with Crippen LogP contribution in [0.15, 0.2) is 48.7 Å². The molecule has 18 heavy (non-hydrogen) atoms. The summed E-state index contributed by atoms with van der Waals surface area (Å²) in [5.74, 6) is 0.849. The van der Waals surface area contributed by atoms with Crippen LogP contribution >= 0.6 is 11.6 Å². The van der Waals surface area contributed by atoms with Crippen LogP contribution in [0.3, 0.4) is 0 Å². The van der Waals surface area contributed by atoms with Crippen molar-refractivity contribution in [2.45, 2.75) is 6.61 Å². The Morgan fingerprint density at radius 3 is 2.67 bits per heavy atom. The molecule has 94 valence electrons. The maximum absolute atomic E-state index is 5.84. The van der Waals surface area contributed by atoms with Crippen LogP contribution in [0, 0.1) is 0 Å². The SMILES string of the molecule is Clc1ccnc(COCCOc2ccccc2)c1. The van der Waals surface area contributed by atoms with Crippen molar-refractivity contribution in [3.63, 3.8) is 0 Å². The van der Waals surface area contributed by atoms with Gasteiger partial charge in [-0.15, -0.1) is 0 Å². The fourth-order valence-electron chi connectivity index (χ4n) is 1.44. The molecule has 0 aliphatic carbocycles. The van der Waals surface area contributed by atoms with Gasteiger partial charge in [-0.25, -0.2) is 0 Å². The van der Waals surface area contributed by atoms with Crippen molar-refractivity contribution < 1.29 is 9.47 Å². The first-order valence-corrected chi connectivity index (χ1v) is 6.08. The Bertz CT molecular complexity index is 476. The second kappa shape index (κ2) is 6.99. The van der Waals surface area contributed by atoms with Crippen LogP contribution in [0.4, 0.5) is 0 Å². The second-order valence-corrected chi connectivity index (χ2v) is 4.12. The van der Waals surface area contributed by atoms with Crippen LogP contribution in [0.2, 0.25) is 5.02 Å². The van der Waals surface area contributed by atoms with Gasteiger partial charge in [-0.3, -0.25) is 4.98 Å². The number of para-hydroxylation sites is 1. The van der Waals surface area contributed by atoms with Gasteiger partial charge in [-0.2, -0.15) is 0 Å². The minimum Gasteiger partial charge on any atom is -0.491 e. The molecule has 0 saturated carbocycles. The molecule has 0 amide bonds. The Kier molecular flexibility index (Phi) is 5.00. The average Bonchev–Trinajstić information content (AvgIpc) is 2.40. The van der Waals surface area contributed by atoms with Gasteiger partial charge in [0.1, 0.15) is 12.4 Å². The van der Waals surface area contributed by atoms with E-state index in [1.807, 2.05) is 30.3 Å². The molecule has 0 radical (unpaired) electrons. The Morgan fingerprint density at radius 2 is 1.89 bits per heavy atom. The van der Waals surface area contributed by atoms with E-state index in [0.717, 1.165) is 11.4 Å². The molecular formula is C14H14ClNO2. The number of pyridine rings is 1. The summed E-state index contributed by atoms with van der Waals surface area (Å²) in [5.41, 5.74) is 0.821. The summed E-state index contributed by atoms with van der Waals surface area (Å²) in [4.78, 5) is 4.15. The number of aromatic nitrogens is 1. The van der Waals surface area contributed by atoms with E-state index in [0.29, 0.717) is 24.8 Å². The molecule has 1 aromatic carbocycles. The van der Waals surface area contributed by atoms with Crippen LogP contribution in [0.25, 0.3) is 0 Å². The highest BCUT2D eigenvalue weighted by atomic mass is 35.5. The number of ether oxygens (including phenoxy) is 2. The molecule has 0 N–H and O–H groups in total. The smallest absolute Gasteiger partial charge is 0.119 e. The highest BCUT2D eigenvalue weighted by molar-refractivity contribution is 6.30. The fourth-order valence-corrected chi connectivity index (χ4v) is 1.62. The van der Waals surface area contributed by atoms with E-state index < -0.39 is 0 Å². The highest BCUT2D eigenvalue weighted by Crippen LogP contribution is 2.09. The summed E-state index contributed by atoms with van der Waals surface area (Å²) in [7, 11) is 0. The van der Waals surface area contributed by atoms with Crippen molar-refractivity contribution in [1.29, 1.82) is 0 Å². The molecule has 0 aliphatic rings. The monoisotopic (exact) mass is 263 g/mol. The fraction of sp³-hybridized carbons (Fsp3) is 0.214. The first kappa shape index (κ1) is 12.9. The molecule has 0 spiro atoms. The molecular weight excluding hydrogens is 250 g/mol. The Labute approximate surface area is 111 Å². The maximum atomic E-state index is 5.84. The van der Waals surface area contributed by atoms with Gasteiger partial charge in [0, 0.05) is 11.2 Å². The van der Waals surface area contributed by atoms with Crippen LogP contribution in [0.1, 0.15) is 5.69 Å². The zero-order valence-corrected chi connectivity index (χ0v) is 10.6. The van der Waals surface area contributed by atoms with Gasteiger partial charge in [0.25, 0.3) is 0 Å². The maximum Gasteiger partial charge on any atom is 0.119 e. The molecule has 0 aliphatic heterocycles. The number of benzene rings is 1. The summed E-state index contributed by atoms with van der Waals surface area (Å²) in [5, 5.41) is 0.670. The second-order valence-electron chi connectivity index (χ2n) is 3.68. The van der Waals surface area contributed by atoms with Crippen LogP contribution in [-0.2, 0) is 11.3 Å². The molecule has 1 aromatic heterocycles. The highest BCUT2D eigenvalue weighted by Gasteiger charge is 1.97. The largest absolute Gasteiger partial charge is 0.491 e. The van der Waals surface area contributed by atoms with Gasteiger partial charge < -0.3 is 9.47 Å². The van der Waals surface area contributed by atoms with E-state index >= 15 is 0 Å². The lowest BCUT2D eigenvalue weighted by Gasteiger charge is -2.06. The Morgan fingerprint density at radius 1 is 1.06 bits per heavy atom. The van der Waals surface area contributed by atoms with Gasteiger partial charge in [0.2, 0.25) is 0 Å². The van der Waals surface area contributed by atoms with E-state index in [1.54, 1.807) is 18.3 Å². The molecule has 2 rings (SSSR count). The van der Waals surface area contributed by atoms with Crippen LogP contribution < -0.4 is 4.74 Å². The van der Waals surface area contributed by atoms with E-state index in [9.17, 15) is 0 Å². The number of hydrogen-bond donors (Lipinski definition) is 0. The van der Waals surface area contributed by atoms with Gasteiger partial charge in [-0.1, -0.05) is 29.8 Å². The van der Waals surface area contributed by atoms with Crippen molar-refractivity contribution in [2.75, 3.05) is 13.2 Å². The number of rotatable bonds is 6. The van der Waals surface area contributed by atoms with Gasteiger partial charge >= 0.3 is 0 Å². The molecule has 0 saturated heterocycles. The summed E-state index contributed by atoms with van der Waals surface area (Å²) >= 11 is 5.84. The topological polar surface area (TPSA) is 31.4 Å². The number of nitrogens with zero attached hydrogens (tertiary/aromatic N) is 1. The van der Waals surface area contributed by atoms with Crippen molar-refractivity contribution in [3.8, 4) is 5.75 Å². The number of halogens is 1. The summed E-state index contributed by atoms with van der Waals surface area (Å²) < 4.78 is 10.9. The van der Waals surface area contributed by atoms with E-state index in [2.05, 4.69) is 4.98 Å². The van der Waals surface area contributed by atoms with Crippen molar-refractivity contribution in [2.24, 2.45) is 0 Å². The molecule has 2 aromatic rings. The zero-order chi connectivity index (χ0) is 12.6. The van der Waals surface area contributed by atoms with Gasteiger partial charge in [-0.05, 0) is 24.3 Å². The average molecular weight is 264 g/mol. The van der Waals surface area contributed by atoms with E-state index in [4.69, 9.17) is 21.1 Å². The van der Waals surface area contributed by atoms with Crippen molar-refractivity contribution in [1.82, 2.24) is 4.98 Å². The Hall–Kier alpha value is -1.58. The summed E-state index contributed by atoms with van der Waals surface area (Å²) in [6.45, 7) is 1.48. The predicted molar refractivity (Wildman–Crippen MR) is 70.8 cm³/mol. The molecule has 1 heterocycles. The van der Waals surface area contributed by atoms with Crippen LogP contribution in [-0.4, -0.2) is 18.2 Å². The third kappa shape index (κ3) is 4.35. The molecule has 0 fully saturated rings. The number of hydrogen-bond acceptors (Lipinski definition) is 3. The van der Waals surface area contributed by atoms with E-state index in [1.165, 1.54) is 0 Å². The first-order valence-electron chi connectivity index (χ1n) is 5.70. The lowest BCUT2D eigenvalue weighted by Crippen LogP contribution is -2.07. The Balaban J connectivity index is 1.65. The molecule has 0 atom stereocenters. The molecule has 0 unspecified atom stereocenters. The lowest BCUT2D eigenvalue weighted by molar-refractivity contribution is 0.0870. The molecule has 3 nitrogen and oxygen atoms in total. The van der Waals surface area contributed by atoms with Crippen molar-refractivity contribution >= 4 is 11.6 Å². The van der Waals surface area contributed by atoms with Crippen LogP contribution in [0.5, 0.6) is 5.75 Å². The normalized spacial score (nSPS) is 10.3. The molecule has 4 heteroatoms.